The van der Waals surface area contributed by atoms with Crippen molar-refractivity contribution in [3.63, 3.8) is 0 Å². The van der Waals surface area contributed by atoms with E-state index in [-0.39, 0.29) is 11.5 Å². The van der Waals surface area contributed by atoms with E-state index in [0.717, 1.165) is 3.57 Å². The number of ketones is 1. The number of hydrogen-bond donors (Lipinski definition) is 0. The van der Waals surface area contributed by atoms with Crippen molar-refractivity contribution in [2.75, 3.05) is 7.11 Å². The zero-order valence-electron chi connectivity index (χ0n) is 11.6. The molecule has 0 saturated carbocycles. The van der Waals surface area contributed by atoms with Crippen molar-refractivity contribution in [3.8, 4) is 11.5 Å². The summed E-state index contributed by atoms with van der Waals surface area (Å²) in [6, 6.07) is 11.8. The molecular weight excluding hydrogens is 383 g/mol. The van der Waals surface area contributed by atoms with E-state index in [9.17, 15) is 9.59 Å². The number of Topliss-reactive ketones (excluding diaryl/α,β-unsaturated/α-hetero) is 1. The molecule has 4 nitrogen and oxygen atoms in total. The molecule has 0 fully saturated rings. The van der Waals surface area contributed by atoms with Gasteiger partial charge >= 0.3 is 5.97 Å². The molecule has 0 bridgehead atoms. The number of rotatable bonds is 4. The number of carbonyl (C=O) groups is 2. The highest BCUT2D eigenvalue weighted by Gasteiger charge is 2.14. The third kappa shape index (κ3) is 3.81. The summed E-state index contributed by atoms with van der Waals surface area (Å²) in [5, 5.41) is 0. The molecular formula is C16H13IO4. The van der Waals surface area contributed by atoms with Crippen LogP contribution in [-0.4, -0.2) is 18.9 Å². The van der Waals surface area contributed by atoms with E-state index >= 15 is 0 Å². The lowest BCUT2D eigenvalue weighted by molar-refractivity contribution is 0.0729. The summed E-state index contributed by atoms with van der Waals surface area (Å²) in [7, 11) is 1.46. The molecule has 0 aliphatic carbocycles. The zero-order valence-corrected chi connectivity index (χ0v) is 13.7. The average molecular weight is 396 g/mol. The molecule has 21 heavy (non-hydrogen) atoms. The standard InChI is InChI=1S/C16H13IO4/c1-10(18)11-6-7-14(15(9-11)20-2)21-16(19)12-4-3-5-13(17)8-12/h3-9H,1-2H3. The number of halogens is 1. The van der Waals surface area contributed by atoms with E-state index in [2.05, 4.69) is 22.6 Å². The van der Waals surface area contributed by atoms with Gasteiger partial charge in [0, 0.05) is 9.13 Å². The van der Waals surface area contributed by atoms with Gasteiger partial charge in [0.2, 0.25) is 0 Å². The normalized spacial score (nSPS) is 10.0. The summed E-state index contributed by atoms with van der Waals surface area (Å²) >= 11 is 2.13. The molecule has 0 N–H and O–H groups in total. The van der Waals surface area contributed by atoms with Crippen LogP contribution in [0.1, 0.15) is 27.6 Å². The molecule has 0 aromatic heterocycles. The second-order valence-corrected chi connectivity index (χ2v) is 5.57. The predicted octanol–water partition coefficient (Wildman–Crippen LogP) is 3.72. The van der Waals surface area contributed by atoms with E-state index in [1.807, 2.05) is 6.07 Å². The van der Waals surface area contributed by atoms with Crippen molar-refractivity contribution >= 4 is 34.3 Å². The smallest absolute Gasteiger partial charge is 0.343 e. The van der Waals surface area contributed by atoms with E-state index in [4.69, 9.17) is 9.47 Å². The summed E-state index contributed by atoms with van der Waals surface area (Å²) in [5.74, 6) is 0.0826. The lowest BCUT2D eigenvalue weighted by Gasteiger charge is -2.10. The topological polar surface area (TPSA) is 52.6 Å². The highest BCUT2D eigenvalue weighted by atomic mass is 127. The van der Waals surface area contributed by atoms with Crippen LogP contribution >= 0.6 is 22.6 Å². The molecule has 0 atom stereocenters. The van der Waals surface area contributed by atoms with Gasteiger partial charge in [-0.1, -0.05) is 6.07 Å². The number of benzene rings is 2. The summed E-state index contributed by atoms with van der Waals surface area (Å²) in [4.78, 5) is 23.4. The molecule has 2 aromatic carbocycles. The third-order valence-corrected chi connectivity index (χ3v) is 3.50. The van der Waals surface area contributed by atoms with Gasteiger partial charge in [-0.3, -0.25) is 4.79 Å². The molecule has 2 aromatic rings. The van der Waals surface area contributed by atoms with Gasteiger partial charge in [-0.15, -0.1) is 0 Å². The van der Waals surface area contributed by atoms with Gasteiger partial charge < -0.3 is 9.47 Å². The summed E-state index contributed by atoms with van der Waals surface area (Å²) < 4.78 is 11.4. The maximum atomic E-state index is 12.1. The van der Waals surface area contributed by atoms with Crippen molar-refractivity contribution < 1.29 is 19.1 Å². The number of ether oxygens (including phenoxy) is 2. The number of esters is 1. The van der Waals surface area contributed by atoms with Gasteiger partial charge in [0.15, 0.2) is 17.3 Å². The number of methoxy groups -OCH3 is 1. The summed E-state index contributed by atoms with van der Waals surface area (Å²) in [5.41, 5.74) is 0.959. The first-order valence-electron chi connectivity index (χ1n) is 6.18. The van der Waals surface area contributed by atoms with Crippen LogP contribution in [0.15, 0.2) is 42.5 Å². The Hall–Kier alpha value is -1.89. The molecule has 0 spiro atoms. The van der Waals surface area contributed by atoms with Crippen LogP contribution in [0.25, 0.3) is 0 Å². The molecule has 0 radical (unpaired) electrons. The Morgan fingerprint density at radius 3 is 2.38 bits per heavy atom. The molecule has 0 heterocycles. The van der Waals surface area contributed by atoms with Gasteiger partial charge in [-0.05, 0) is 65.9 Å². The third-order valence-electron chi connectivity index (χ3n) is 2.83. The highest BCUT2D eigenvalue weighted by Crippen LogP contribution is 2.29. The average Bonchev–Trinajstić information content (AvgIpc) is 2.47. The predicted molar refractivity (Wildman–Crippen MR) is 87.1 cm³/mol. The highest BCUT2D eigenvalue weighted by molar-refractivity contribution is 14.1. The first kappa shape index (κ1) is 15.5. The Labute approximate surface area is 136 Å². The van der Waals surface area contributed by atoms with Crippen LogP contribution in [0.5, 0.6) is 11.5 Å². The largest absolute Gasteiger partial charge is 0.493 e. The first-order valence-corrected chi connectivity index (χ1v) is 7.26. The molecule has 0 amide bonds. The molecule has 5 heteroatoms. The molecule has 108 valence electrons. The molecule has 2 rings (SSSR count). The molecule has 0 aliphatic rings. The van der Waals surface area contributed by atoms with Crippen molar-refractivity contribution in [2.24, 2.45) is 0 Å². The van der Waals surface area contributed by atoms with E-state index < -0.39 is 5.97 Å². The van der Waals surface area contributed by atoms with Crippen LogP contribution in [0, 0.1) is 3.57 Å². The van der Waals surface area contributed by atoms with Gasteiger partial charge in [-0.25, -0.2) is 4.79 Å². The maximum Gasteiger partial charge on any atom is 0.343 e. The van der Waals surface area contributed by atoms with Gasteiger partial charge in [0.1, 0.15) is 0 Å². The first-order chi connectivity index (χ1) is 10.0. The quantitative estimate of drug-likeness (QED) is 0.342. The summed E-state index contributed by atoms with van der Waals surface area (Å²) in [6.45, 7) is 1.46. The van der Waals surface area contributed by atoms with Crippen LogP contribution in [0.4, 0.5) is 0 Å². The van der Waals surface area contributed by atoms with Crippen LogP contribution in [0.3, 0.4) is 0 Å². The Morgan fingerprint density at radius 2 is 1.76 bits per heavy atom. The SMILES string of the molecule is COc1cc(C(C)=O)ccc1OC(=O)c1cccc(I)c1. The maximum absolute atomic E-state index is 12.1. The zero-order chi connectivity index (χ0) is 15.4. The van der Waals surface area contributed by atoms with Crippen molar-refractivity contribution in [1.82, 2.24) is 0 Å². The number of hydrogen-bond acceptors (Lipinski definition) is 4. The second kappa shape index (κ2) is 6.71. The lowest BCUT2D eigenvalue weighted by Crippen LogP contribution is -2.09. The second-order valence-electron chi connectivity index (χ2n) is 4.32. The Bertz CT molecular complexity index is 694. The van der Waals surface area contributed by atoms with Crippen molar-refractivity contribution in [1.29, 1.82) is 0 Å². The van der Waals surface area contributed by atoms with Gasteiger partial charge in [-0.2, -0.15) is 0 Å². The van der Waals surface area contributed by atoms with Crippen molar-refractivity contribution in [3.05, 3.63) is 57.2 Å². The minimum Gasteiger partial charge on any atom is -0.493 e. The Kier molecular flexibility index (Phi) is 4.95. The number of carbonyl (C=O) groups excluding carboxylic acids is 2. The minimum absolute atomic E-state index is 0.0798. The van der Waals surface area contributed by atoms with E-state index in [1.54, 1.807) is 36.4 Å². The molecule has 0 aliphatic heterocycles. The minimum atomic E-state index is -0.470. The van der Waals surface area contributed by atoms with E-state index in [0.29, 0.717) is 16.9 Å². The van der Waals surface area contributed by atoms with Gasteiger partial charge in [0.05, 0.1) is 12.7 Å². The molecule has 0 unspecified atom stereocenters. The van der Waals surface area contributed by atoms with Gasteiger partial charge in [0.25, 0.3) is 0 Å². The van der Waals surface area contributed by atoms with E-state index in [1.165, 1.54) is 14.0 Å². The van der Waals surface area contributed by atoms with Crippen LogP contribution < -0.4 is 9.47 Å². The summed E-state index contributed by atoms with van der Waals surface area (Å²) in [6.07, 6.45) is 0. The lowest BCUT2D eigenvalue weighted by atomic mass is 10.1. The fourth-order valence-corrected chi connectivity index (χ4v) is 2.29. The monoisotopic (exact) mass is 396 g/mol. The Balaban J connectivity index is 2.27. The molecule has 0 saturated heterocycles. The Morgan fingerprint density at radius 1 is 1.00 bits per heavy atom. The fourth-order valence-electron chi connectivity index (χ4n) is 1.75. The van der Waals surface area contributed by atoms with Crippen molar-refractivity contribution in [2.45, 2.75) is 6.92 Å². The van der Waals surface area contributed by atoms with Crippen LogP contribution in [0.2, 0.25) is 0 Å². The fraction of sp³-hybridized carbons (Fsp3) is 0.125. The van der Waals surface area contributed by atoms with Crippen LogP contribution in [-0.2, 0) is 0 Å².